The largest absolute Gasteiger partial charge is 0.389 e. The van der Waals surface area contributed by atoms with Crippen LogP contribution in [0.2, 0.25) is 0 Å². The number of aliphatic hydroxyl groups is 2. The van der Waals surface area contributed by atoms with Gasteiger partial charge < -0.3 is 14.9 Å². The Bertz CT molecular complexity index is 198. The van der Waals surface area contributed by atoms with E-state index >= 15 is 0 Å². The summed E-state index contributed by atoms with van der Waals surface area (Å²) in [5.74, 6) is 2.14. The second-order valence-electron chi connectivity index (χ2n) is 2.63. The minimum atomic E-state index is -1.42. The van der Waals surface area contributed by atoms with Crippen LogP contribution in [0.4, 0.5) is 0 Å². The summed E-state index contributed by atoms with van der Waals surface area (Å²) < 4.78 is 4.84. The molecule has 1 aliphatic rings. The lowest BCUT2D eigenvalue weighted by Gasteiger charge is -2.23. The summed E-state index contributed by atoms with van der Waals surface area (Å²) in [5.41, 5.74) is -1.42. The van der Waals surface area contributed by atoms with Gasteiger partial charge in [-0.05, 0) is 0 Å². The first-order chi connectivity index (χ1) is 5.64. The van der Waals surface area contributed by atoms with Crippen molar-refractivity contribution in [2.75, 3.05) is 6.61 Å². The monoisotopic (exact) mass is 174 g/mol. The Hall–Kier alpha value is -0.640. The van der Waals surface area contributed by atoms with Crippen LogP contribution in [0.3, 0.4) is 0 Å². The molecule has 0 bridgehead atoms. The molecule has 0 aromatic carbocycles. The van der Waals surface area contributed by atoms with Crippen LogP contribution in [0, 0.1) is 12.3 Å². The van der Waals surface area contributed by atoms with Gasteiger partial charge in [0.2, 0.25) is 0 Å². The van der Waals surface area contributed by atoms with E-state index in [1.54, 1.807) is 0 Å². The molecule has 1 unspecified atom stereocenters. The normalized spacial score (nSPS) is 41.2. The van der Waals surface area contributed by atoms with E-state index in [9.17, 15) is 5.11 Å². The van der Waals surface area contributed by atoms with Crippen LogP contribution in [0.5, 0.6) is 0 Å². The third-order valence-electron chi connectivity index (χ3n) is 1.83. The van der Waals surface area contributed by atoms with E-state index in [1.165, 1.54) is 0 Å². The Balaban J connectivity index is 2.73. The van der Waals surface area contributed by atoms with Gasteiger partial charge in [0.1, 0.15) is 12.7 Å². The minimum Gasteiger partial charge on any atom is -0.389 e. The number of terminal acetylenes is 1. The van der Waals surface area contributed by atoms with Crippen molar-refractivity contribution >= 4 is 0 Å². The quantitative estimate of drug-likeness (QED) is 0.283. The maximum Gasteiger partial charge on any atom is 0.183 e. The summed E-state index contributed by atoms with van der Waals surface area (Å²) in [6, 6.07) is 0. The van der Waals surface area contributed by atoms with E-state index in [-0.39, 0.29) is 13.0 Å². The fourth-order valence-corrected chi connectivity index (χ4v) is 1.15. The highest BCUT2D eigenvalue weighted by atomic mass is 17.1. The van der Waals surface area contributed by atoms with Crippen LogP contribution in [-0.4, -0.2) is 40.1 Å². The second kappa shape index (κ2) is 3.39. The van der Waals surface area contributed by atoms with Gasteiger partial charge in [-0.2, -0.15) is 0 Å². The van der Waals surface area contributed by atoms with Crippen molar-refractivity contribution in [3.63, 3.8) is 0 Å². The molecule has 3 N–H and O–H groups in total. The van der Waals surface area contributed by atoms with Crippen LogP contribution < -0.4 is 0 Å². The molecule has 1 fully saturated rings. The van der Waals surface area contributed by atoms with Gasteiger partial charge in [-0.25, -0.2) is 4.89 Å². The zero-order chi connectivity index (χ0) is 9.19. The standard InChI is InChI=1S/C7H10O5/c1-2-7(4-11-10)5(8)3-6(9)12-7/h1,5-6,8-10H,3-4H2/t5-,6?,7+/m0/s1. The highest BCUT2D eigenvalue weighted by molar-refractivity contribution is 5.15. The highest BCUT2D eigenvalue weighted by Crippen LogP contribution is 2.29. The molecule has 0 aliphatic carbocycles. The van der Waals surface area contributed by atoms with Crippen molar-refractivity contribution in [2.45, 2.75) is 24.4 Å². The fourth-order valence-electron chi connectivity index (χ4n) is 1.15. The molecule has 3 atom stereocenters. The first-order valence-corrected chi connectivity index (χ1v) is 3.42. The molecule has 5 nitrogen and oxygen atoms in total. The van der Waals surface area contributed by atoms with Gasteiger partial charge in [0, 0.05) is 6.42 Å². The maximum atomic E-state index is 9.32. The third-order valence-corrected chi connectivity index (χ3v) is 1.83. The molecule has 1 heterocycles. The smallest absolute Gasteiger partial charge is 0.183 e. The van der Waals surface area contributed by atoms with Crippen LogP contribution in [0.1, 0.15) is 6.42 Å². The summed E-state index contributed by atoms with van der Waals surface area (Å²) in [7, 11) is 0. The fraction of sp³-hybridized carbons (Fsp3) is 0.714. The molecular weight excluding hydrogens is 164 g/mol. The molecule has 0 radical (unpaired) electrons. The average Bonchev–Trinajstić information content (AvgIpc) is 2.28. The van der Waals surface area contributed by atoms with Crippen molar-refractivity contribution in [1.29, 1.82) is 0 Å². The van der Waals surface area contributed by atoms with Crippen LogP contribution >= 0.6 is 0 Å². The van der Waals surface area contributed by atoms with Crippen LogP contribution in [-0.2, 0) is 9.62 Å². The molecule has 0 amide bonds. The molecule has 1 aliphatic heterocycles. The number of hydrogen-bond acceptors (Lipinski definition) is 5. The van der Waals surface area contributed by atoms with Gasteiger partial charge in [0.25, 0.3) is 0 Å². The molecule has 0 aromatic rings. The lowest BCUT2D eigenvalue weighted by molar-refractivity contribution is -0.280. The van der Waals surface area contributed by atoms with Gasteiger partial charge in [-0.1, -0.05) is 5.92 Å². The van der Waals surface area contributed by atoms with Crippen LogP contribution in [0.25, 0.3) is 0 Å². The molecule has 0 saturated carbocycles. The van der Waals surface area contributed by atoms with Gasteiger partial charge >= 0.3 is 0 Å². The Morgan fingerprint density at radius 3 is 2.67 bits per heavy atom. The predicted octanol–water partition coefficient (Wildman–Crippen LogP) is -1.05. The molecular formula is C7H10O5. The lowest BCUT2D eigenvalue weighted by atomic mass is 9.99. The number of aliphatic hydroxyl groups excluding tert-OH is 2. The second-order valence-corrected chi connectivity index (χ2v) is 2.63. The van der Waals surface area contributed by atoms with E-state index in [4.69, 9.17) is 21.5 Å². The Labute approximate surface area is 69.5 Å². The van der Waals surface area contributed by atoms with E-state index in [0.29, 0.717) is 0 Å². The Morgan fingerprint density at radius 2 is 2.33 bits per heavy atom. The molecule has 1 rings (SSSR count). The maximum absolute atomic E-state index is 9.32. The first-order valence-electron chi connectivity index (χ1n) is 3.42. The van der Waals surface area contributed by atoms with E-state index in [2.05, 4.69) is 10.8 Å². The minimum absolute atomic E-state index is 0.0214. The molecule has 5 heteroatoms. The van der Waals surface area contributed by atoms with E-state index < -0.39 is 18.0 Å². The van der Waals surface area contributed by atoms with Crippen molar-refractivity contribution < 1.29 is 25.1 Å². The number of ether oxygens (including phenoxy) is 1. The van der Waals surface area contributed by atoms with Crippen molar-refractivity contribution in [2.24, 2.45) is 0 Å². The first kappa shape index (κ1) is 9.45. The number of hydrogen-bond donors (Lipinski definition) is 3. The van der Waals surface area contributed by atoms with E-state index in [1.807, 2.05) is 0 Å². The predicted molar refractivity (Wildman–Crippen MR) is 37.9 cm³/mol. The zero-order valence-electron chi connectivity index (χ0n) is 6.30. The highest BCUT2D eigenvalue weighted by Gasteiger charge is 2.47. The summed E-state index contributed by atoms with van der Waals surface area (Å²) >= 11 is 0. The van der Waals surface area contributed by atoms with Crippen LogP contribution in [0.15, 0.2) is 0 Å². The molecule has 1 saturated heterocycles. The molecule has 0 spiro atoms. The Kier molecular flexibility index (Phi) is 2.67. The number of rotatable bonds is 2. The van der Waals surface area contributed by atoms with Crippen molar-refractivity contribution in [3.05, 3.63) is 0 Å². The molecule has 12 heavy (non-hydrogen) atoms. The van der Waals surface area contributed by atoms with Gasteiger partial charge in [0.05, 0.1) is 0 Å². The topological polar surface area (TPSA) is 79.2 Å². The zero-order valence-corrected chi connectivity index (χ0v) is 6.30. The SMILES string of the molecule is C#C[C@]1(COO)OC(O)C[C@@H]1O. The average molecular weight is 174 g/mol. The summed E-state index contributed by atoms with van der Waals surface area (Å²) in [4.78, 5) is 3.80. The molecule has 0 aromatic heterocycles. The van der Waals surface area contributed by atoms with Gasteiger partial charge in [-0.3, -0.25) is 5.26 Å². The van der Waals surface area contributed by atoms with Gasteiger partial charge in [0.15, 0.2) is 11.9 Å². The van der Waals surface area contributed by atoms with Crippen molar-refractivity contribution in [3.8, 4) is 12.3 Å². The van der Waals surface area contributed by atoms with E-state index in [0.717, 1.165) is 0 Å². The summed E-state index contributed by atoms with van der Waals surface area (Å²) in [6.07, 6.45) is 2.96. The third kappa shape index (κ3) is 1.43. The molecule has 68 valence electrons. The summed E-state index contributed by atoms with van der Waals surface area (Å²) in [6.45, 7) is -0.359. The van der Waals surface area contributed by atoms with Crippen molar-refractivity contribution in [1.82, 2.24) is 0 Å². The Morgan fingerprint density at radius 1 is 1.67 bits per heavy atom. The van der Waals surface area contributed by atoms with Gasteiger partial charge in [-0.15, -0.1) is 6.42 Å². The lowest BCUT2D eigenvalue weighted by Crippen LogP contribution is -2.42. The summed E-state index contributed by atoms with van der Waals surface area (Å²) in [5, 5.41) is 26.5.